The molecular weight excluding hydrogens is 264 g/mol. The Kier molecular flexibility index (Phi) is 5.80. The van der Waals surface area contributed by atoms with Gasteiger partial charge in [-0.05, 0) is 51.0 Å². The molecule has 0 N–H and O–H groups in total. The fraction of sp³-hybridized carbons (Fsp3) is 0.611. The summed E-state index contributed by atoms with van der Waals surface area (Å²) in [5, 5.41) is 0. The van der Waals surface area contributed by atoms with Crippen molar-refractivity contribution in [3.8, 4) is 5.75 Å². The van der Waals surface area contributed by atoms with Crippen LogP contribution in [0.3, 0.4) is 0 Å². The molecule has 1 aromatic carbocycles. The summed E-state index contributed by atoms with van der Waals surface area (Å²) in [6, 6.07) is 7.46. The Morgan fingerprint density at radius 2 is 1.62 bits per heavy atom. The van der Waals surface area contributed by atoms with Gasteiger partial charge in [0.25, 0.3) is 0 Å². The van der Waals surface area contributed by atoms with E-state index in [9.17, 15) is 4.79 Å². The van der Waals surface area contributed by atoms with Gasteiger partial charge < -0.3 is 9.47 Å². The van der Waals surface area contributed by atoms with Crippen molar-refractivity contribution in [3.05, 3.63) is 29.8 Å². The Morgan fingerprint density at radius 3 is 2.14 bits per heavy atom. The molecule has 1 aromatic rings. The number of carbonyl (C=O) groups excluding carboxylic acids is 1. The van der Waals surface area contributed by atoms with Crippen molar-refractivity contribution in [1.29, 1.82) is 0 Å². The molecular formula is C18H26O3. The van der Waals surface area contributed by atoms with E-state index in [2.05, 4.69) is 0 Å². The highest BCUT2D eigenvalue weighted by Gasteiger charge is 2.39. The molecule has 21 heavy (non-hydrogen) atoms. The van der Waals surface area contributed by atoms with Crippen molar-refractivity contribution in [1.82, 2.24) is 0 Å². The van der Waals surface area contributed by atoms with Crippen molar-refractivity contribution in [2.24, 2.45) is 0 Å². The second-order valence-corrected chi connectivity index (χ2v) is 5.63. The quantitative estimate of drug-likeness (QED) is 0.575. The number of ether oxygens (including phenoxy) is 2. The Balaban J connectivity index is 2.20. The number of rotatable bonds is 6. The summed E-state index contributed by atoms with van der Waals surface area (Å²) in [5.41, 5.74) is 0.118. The van der Waals surface area contributed by atoms with Gasteiger partial charge in [0.2, 0.25) is 0 Å². The zero-order valence-electron chi connectivity index (χ0n) is 13.2. The van der Waals surface area contributed by atoms with Gasteiger partial charge in [-0.3, -0.25) is 4.79 Å². The molecule has 1 saturated carbocycles. The summed E-state index contributed by atoms with van der Waals surface area (Å²) >= 11 is 0. The largest absolute Gasteiger partial charge is 0.494 e. The minimum Gasteiger partial charge on any atom is -0.494 e. The van der Waals surface area contributed by atoms with Crippen LogP contribution in [0, 0.1) is 0 Å². The molecule has 0 aromatic heterocycles. The maximum atomic E-state index is 13.0. The van der Waals surface area contributed by atoms with Gasteiger partial charge in [0, 0.05) is 12.2 Å². The lowest BCUT2D eigenvalue weighted by molar-refractivity contribution is -0.0292. The maximum Gasteiger partial charge on any atom is 0.194 e. The van der Waals surface area contributed by atoms with E-state index < -0.39 is 5.60 Å². The monoisotopic (exact) mass is 290 g/mol. The van der Waals surface area contributed by atoms with Gasteiger partial charge in [0.05, 0.1) is 6.61 Å². The molecule has 0 unspecified atom stereocenters. The number of hydrogen-bond donors (Lipinski definition) is 0. The highest BCUT2D eigenvalue weighted by atomic mass is 16.5. The average Bonchev–Trinajstić information content (AvgIpc) is 2.75. The molecule has 0 bridgehead atoms. The van der Waals surface area contributed by atoms with E-state index in [1.165, 1.54) is 12.8 Å². The first kappa shape index (κ1) is 16.0. The summed E-state index contributed by atoms with van der Waals surface area (Å²) in [4.78, 5) is 13.0. The van der Waals surface area contributed by atoms with Gasteiger partial charge in [-0.15, -0.1) is 0 Å². The second-order valence-electron chi connectivity index (χ2n) is 5.63. The van der Waals surface area contributed by atoms with Crippen molar-refractivity contribution >= 4 is 5.78 Å². The van der Waals surface area contributed by atoms with Crippen LogP contribution in [0.4, 0.5) is 0 Å². The van der Waals surface area contributed by atoms with Crippen molar-refractivity contribution in [3.63, 3.8) is 0 Å². The number of hydrogen-bond acceptors (Lipinski definition) is 3. The summed E-state index contributed by atoms with van der Waals surface area (Å²) in [7, 11) is 0. The number of Topliss-reactive ketones (excluding diaryl/α,β-unsaturated/α-hetero) is 1. The molecule has 116 valence electrons. The van der Waals surface area contributed by atoms with E-state index in [0.717, 1.165) is 37.0 Å². The predicted octanol–water partition coefficient (Wildman–Crippen LogP) is 4.40. The first-order valence-electron chi connectivity index (χ1n) is 8.13. The van der Waals surface area contributed by atoms with Crippen LogP contribution in [0.2, 0.25) is 0 Å². The molecule has 1 aliphatic rings. The molecule has 0 amide bonds. The van der Waals surface area contributed by atoms with Crippen molar-refractivity contribution in [2.75, 3.05) is 13.2 Å². The number of benzene rings is 1. The average molecular weight is 290 g/mol. The van der Waals surface area contributed by atoms with Gasteiger partial charge in [0.15, 0.2) is 5.78 Å². The highest BCUT2D eigenvalue weighted by molar-refractivity contribution is 6.02. The summed E-state index contributed by atoms with van der Waals surface area (Å²) < 4.78 is 11.4. The minimum absolute atomic E-state index is 0.134. The van der Waals surface area contributed by atoms with E-state index in [0.29, 0.717) is 13.2 Å². The van der Waals surface area contributed by atoms with E-state index in [1.54, 1.807) is 0 Å². The molecule has 3 nitrogen and oxygen atoms in total. The second kappa shape index (κ2) is 7.60. The molecule has 2 rings (SSSR count). The van der Waals surface area contributed by atoms with Crippen LogP contribution < -0.4 is 4.74 Å². The smallest absolute Gasteiger partial charge is 0.194 e. The third kappa shape index (κ3) is 3.85. The molecule has 3 heteroatoms. The lowest BCUT2D eigenvalue weighted by Gasteiger charge is -2.31. The van der Waals surface area contributed by atoms with Crippen molar-refractivity contribution in [2.45, 2.75) is 58.0 Å². The van der Waals surface area contributed by atoms with Crippen LogP contribution in [-0.4, -0.2) is 24.6 Å². The maximum absolute atomic E-state index is 13.0. The Bertz CT molecular complexity index is 442. The lowest BCUT2D eigenvalue weighted by atomic mass is 9.85. The predicted molar refractivity (Wildman–Crippen MR) is 84.0 cm³/mol. The fourth-order valence-corrected chi connectivity index (χ4v) is 3.15. The van der Waals surface area contributed by atoms with E-state index >= 15 is 0 Å². The molecule has 1 aliphatic carbocycles. The number of ketones is 1. The third-order valence-corrected chi connectivity index (χ3v) is 4.17. The SMILES string of the molecule is CCOc1ccc(C(=O)C2(OCC)CCCCCC2)cc1. The zero-order valence-corrected chi connectivity index (χ0v) is 13.2. The summed E-state index contributed by atoms with van der Waals surface area (Å²) in [6.45, 7) is 5.14. The minimum atomic E-state index is -0.613. The van der Waals surface area contributed by atoms with Crippen LogP contribution in [0.25, 0.3) is 0 Å². The first-order chi connectivity index (χ1) is 10.2. The highest BCUT2D eigenvalue weighted by Crippen LogP contribution is 2.34. The van der Waals surface area contributed by atoms with Crippen LogP contribution in [0.1, 0.15) is 62.7 Å². The van der Waals surface area contributed by atoms with Gasteiger partial charge in [0.1, 0.15) is 11.4 Å². The number of carbonyl (C=O) groups is 1. The lowest BCUT2D eigenvalue weighted by Crippen LogP contribution is -2.41. The van der Waals surface area contributed by atoms with Crippen LogP contribution in [-0.2, 0) is 4.74 Å². The molecule has 1 fully saturated rings. The fourth-order valence-electron chi connectivity index (χ4n) is 3.15. The van der Waals surface area contributed by atoms with Gasteiger partial charge in [-0.25, -0.2) is 0 Å². The van der Waals surface area contributed by atoms with E-state index in [1.807, 2.05) is 38.1 Å². The third-order valence-electron chi connectivity index (χ3n) is 4.17. The summed E-state index contributed by atoms with van der Waals surface area (Å²) in [5.74, 6) is 0.940. The normalized spacial score (nSPS) is 18.0. The van der Waals surface area contributed by atoms with E-state index in [4.69, 9.17) is 9.47 Å². The standard InChI is InChI=1S/C18H26O3/c1-3-20-16-11-9-15(10-12-16)17(19)18(21-4-2)13-7-5-6-8-14-18/h9-12H,3-8,13-14H2,1-2H3. The van der Waals surface area contributed by atoms with Crippen molar-refractivity contribution < 1.29 is 14.3 Å². The Hall–Kier alpha value is -1.35. The van der Waals surface area contributed by atoms with Gasteiger partial charge in [-0.1, -0.05) is 25.7 Å². The topological polar surface area (TPSA) is 35.5 Å². The summed E-state index contributed by atoms with van der Waals surface area (Å²) in [6.07, 6.45) is 6.22. The van der Waals surface area contributed by atoms with Crippen LogP contribution >= 0.6 is 0 Å². The molecule has 0 atom stereocenters. The Labute approximate surface area is 127 Å². The van der Waals surface area contributed by atoms with E-state index in [-0.39, 0.29) is 5.78 Å². The van der Waals surface area contributed by atoms with Crippen LogP contribution in [0.15, 0.2) is 24.3 Å². The molecule has 0 aliphatic heterocycles. The molecule has 0 saturated heterocycles. The van der Waals surface area contributed by atoms with Gasteiger partial charge in [-0.2, -0.15) is 0 Å². The van der Waals surface area contributed by atoms with Gasteiger partial charge >= 0.3 is 0 Å². The Morgan fingerprint density at radius 1 is 1.00 bits per heavy atom. The molecule has 0 spiro atoms. The van der Waals surface area contributed by atoms with Crippen LogP contribution in [0.5, 0.6) is 5.75 Å². The molecule has 0 radical (unpaired) electrons. The molecule has 0 heterocycles. The zero-order chi connectivity index (χ0) is 15.1. The first-order valence-corrected chi connectivity index (χ1v) is 8.13.